The number of oxazole rings is 1. The molecule has 128 valence electrons. The molecule has 1 aliphatic heterocycles. The summed E-state index contributed by atoms with van der Waals surface area (Å²) in [7, 11) is 0. The fraction of sp³-hybridized carbons (Fsp3) is 0.316. The molecule has 6 nitrogen and oxygen atoms in total. The van der Waals surface area contributed by atoms with E-state index in [0.717, 1.165) is 48.0 Å². The van der Waals surface area contributed by atoms with Crippen LogP contribution in [0.3, 0.4) is 0 Å². The molecule has 0 saturated carbocycles. The van der Waals surface area contributed by atoms with Gasteiger partial charge in [0, 0.05) is 30.0 Å². The Morgan fingerprint density at radius 1 is 1.24 bits per heavy atom. The summed E-state index contributed by atoms with van der Waals surface area (Å²) in [4.78, 5) is 21.1. The van der Waals surface area contributed by atoms with Crippen LogP contribution in [0.15, 0.2) is 41.1 Å². The molecule has 4 rings (SSSR count). The molecule has 1 fully saturated rings. The number of aryl methyl sites for hydroxylation is 1. The first-order chi connectivity index (χ1) is 12.2. The van der Waals surface area contributed by atoms with Crippen molar-refractivity contribution in [2.24, 2.45) is 5.92 Å². The second-order valence-electron chi connectivity index (χ2n) is 6.40. The number of amides is 1. The molecular formula is C19H20N4O2. The smallest absolute Gasteiger partial charge is 0.228 e. The third kappa shape index (κ3) is 3.39. The zero-order valence-corrected chi connectivity index (χ0v) is 14.1. The Hall–Kier alpha value is -2.73. The average molecular weight is 336 g/mol. The average Bonchev–Trinajstić information content (AvgIpc) is 3.08. The van der Waals surface area contributed by atoms with Gasteiger partial charge in [0.25, 0.3) is 0 Å². The number of aromatic nitrogens is 2. The van der Waals surface area contributed by atoms with Crippen LogP contribution in [0.2, 0.25) is 0 Å². The van der Waals surface area contributed by atoms with Gasteiger partial charge in [0.2, 0.25) is 5.91 Å². The molecule has 0 aliphatic carbocycles. The van der Waals surface area contributed by atoms with E-state index in [9.17, 15) is 4.79 Å². The van der Waals surface area contributed by atoms with Gasteiger partial charge in [-0.3, -0.25) is 4.79 Å². The van der Waals surface area contributed by atoms with Crippen molar-refractivity contribution in [1.29, 1.82) is 0 Å². The van der Waals surface area contributed by atoms with E-state index < -0.39 is 0 Å². The number of hydrogen-bond acceptors (Lipinski definition) is 5. The van der Waals surface area contributed by atoms with Gasteiger partial charge in [0.15, 0.2) is 5.89 Å². The predicted octanol–water partition coefficient (Wildman–Crippen LogP) is 3.14. The highest BCUT2D eigenvalue weighted by molar-refractivity contribution is 5.95. The molecule has 6 heteroatoms. The summed E-state index contributed by atoms with van der Waals surface area (Å²) in [5.74, 6) is 1.34. The van der Waals surface area contributed by atoms with Gasteiger partial charge in [-0.1, -0.05) is 12.1 Å². The Bertz CT molecular complexity index is 913. The number of fused-ring (bicyclic) bond motifs is 1. The van der Waals surface area contributed by atoms with E-state index >= 15 is 0 Å². The summed E-state index contributed by atoms with van der Waals surface area (Å²) in [6.07, 6.45) is 5.17. The highest BCUT2D eigenvalue weighted by atomic mass is 16.3. The fourth-order valence-electron chi connectivity index (χ4n) is 3.18. The maximum atomic E-state index is 12.4. The number of anilines is 1. The van der Waals surface area contributed by atoms with Crippen LogP contribution in [-0.2, 0) is 4.79 Å². The Kier molecular flexibility index (Phi) is 4.19. The maximum absolute atomic E-state index is 12.4. The van der Waals surface area contributed by atoms with Crippen molar-refractivity contribution >= 4 is 22.5 Å². The number of carbonyl (C=O) groups is 1. The molecule has 3 heterocycles. The van der Waals surface area contributed by atoms with Crippen molar-refractivity contribution in [2.75, 3.05) is 18.4 Å². The van der Waals surface area contributed by atoms with E-state index in [4.69, 9.17) is 4.42 Å². The SMILES string of the molecule is Cc1nc(-c2ccc3cnc(NC(=O)C4CCNCC4)cc3c2)co1. The molecule has 1 saturated heterocycles. The minimum atomic E-state index is 0.0524. The van der Waals surface area contributed by atoms with Crippen molar-refractivity contribution in [2.45, 2.75) is 19.8 Å². The van der Waals surface area contributed by atoms with Gasteiger partial charge in [-0.2, -0.15) is 0 Å². The first kappa shape index (κ1) is 15.8. The molecule has 2 aromatic heterocycles. The van der Waals surface area contributed by atoms with E-state index in [1.165, 1.54) is 0 Å². The lowest BCUT2D eigenvalue weighted by molar-refractivity contribution is -0.120. The van der Waals surface area contributed by atoms with Gasteiger partial charge in [-0.25, -0.2) is 9.97 Å². The van der Waals surface area contributed by atoms with Crippen LogP contribution in [-0.4, -0.2) is 29.0 Å². The Labute approximate surface area is 145 Å². The van der Waals surface area contributed by atoms with Crippen LogP contribution < -0.4 is 10.6 Å². The van der Waals surface area contributed by atoms with Gasteiger partial charge in [-0.05, 0) is 43.5 Å². The summed E-state index contributed by atoms with van der Waals surface area (Å²) >= 11 is 0. The van der Waals surface area contributed by atoms with Crippen LogP contribution in [0.4, 0.5) is 5.82 Å². The summed E-state index contributed by atoms with van der Waals surface area (Å²) in [5.41, 5.74) is 1.78. The number of hydrogen-bond donors (Lipinski definition) is 2. The molecule has 3 aromatic rings. The number of piperidine rings is 1. The summed E-state index contributed by atoms with van der Waals surface area (Å²) in [6, 6.07) is 7.94. The zero-order valence-electron chi connectivity index (χ0n) is 14.1. The highest BCUT2D eigenvalue weighted by Crippen LogP contribution is 2.25. The second kappa shape index (κ2) is 6.64. The number of carbonyl (C=O) groups excluding carboxylic acids is 1. The van der Waals surface area contributed by atoms with Crippen molar-refractivity contribution in [3.63, 3.8) is 0 Å². The van der Waals surface area contributed by atoms with Crippen molar-refractivity contribution in [3.05, 3.63) is 42.6 Å². The van der Waals surface area contributed by atoms with E-state index in [-0.39, 0.29) is 11.8 Å². The van der Waals surface area contributed by atoms with Gasteiger partial charge in [0.05, 0.1) is 0 Å². The molecule has 1 aliphatic rings. The fourth-order valence-corrected chi connectivity index (χ4v) is 3.18. The number of nitrogens with one attached hydrogen (secondary N) is 2. The molecule has 0 spiro atoms. The van der Waals surface area contributed by atoms with E-state index in [1.807, 2.05) is 31.2 Å². The number of pyridine rings is 1. The Morgan fingerprint density at radius 2 is 2.08 bits per heavy atom. The number of benzene rings is 1. The summed E-state index contributed by atoms with van der Waals surface area (Å²) in [5, 5.41) is 8.25. The third-order valence-corrected chi connectivity index (χ3v) is 4.60. The Morgan fingerprint density at radius 3 is 2.84 bits per heavy atom. The first-order valence-corrected chi connectivity index (χ1v) is 8.53. The van der Waals surface area contributed by atoms with Gasteiger partial charge in [-0.15, -0.1) is 0 Å². The molecule has 0 unspecified atom stereocenters. The van der Waals surface area contributed by atoms with Crippen LogP contribution in [0.1, 0.15) is 18.7 Å². The van der Waals surface area contributed by atoms with Crippen LogP contribution in [0.25, 0.3) is 22.0 Å². The maximum Gasteiger partial charge on any atom is 0.228 e. The van der Waals surface area contributed by atoms with E-state index in [0.29, 0.717) is 11.7 Å². The second-order valence-corrected chi connectivity index (χ2v) is 6.40. The van der Waals surface area contributed by atoms with E-state index in [1.54, 1.807) is 12.5 Å². The Balaban J connectivity index is 1.59. The van der Waals surface area contributed by atoms with Crippen molar-refractivity contribution < 1.29 is 9.21 Å². The normalized spacial score (nSPS) is 15.4. The summed E-state index contributed by atoms with van der Waals surface area (Å²) < 4.78 is 5.29. The number of rotatable bonds is 3. The first-order valence-electron chi connectivity index (χ1n) is 8.53. The van der Waals surface area contributed by atoms with Crippen LogP contribution in [0, 0.1) is 12.8 Å². The lowest BCUT2D eigenvalue weighted by Gasteiger charge is -2.21. The molecule has 1 aromatic carbocycles. The lowest BCUT2D eigenvalue weighted by Crippen LogP contribution is -2.34. The van der Waals surface area contributed by atoms with E-state index in [2.05, 4.69) is 20.6 Å². The van der Waals surface area contributed by atoms with Crippen LogP contribution >= 0.6 is 0 Å². The standard InChI is InChI=1S/C19H20N4O2/c1-12-22-17(11-25-12)14-2-3-15-10-21-18(9-16(15)8-14)23-19(24)13-4-6-20-7-5-13/h2-3,8-11,13,20H,4-7H2,1H3,(H,21,23,24). The molecule has 2 N–H and O–H groups in total. The molecule has 1 amide bonds. The topological polar surface area (TPSA) is 80.0 Å². The summed E-state index contributed by atoms with van der Waals surface area (Å²) in [6.45, 7) is 3.61. The van der Waals surface area contributed by atoms with Gasteiger partial charge >= 0.3 is 0 Å². The molecule has 0 atom stereocenters. The highest BCUT2D eigenvalue weighted by Gasteiger charge is 2.21. The van der Waals surface area contributed by atoms with Gasteiger partial charge < -0.3 is 15.1 Å². The molecule has 25 heavy (non-hydrogen) atoms. The van der Waals surface area contributed by atoms with Gasteiger partial charge in [0.1, 0.15) is 17.8 Å². The lowest BCUT2D eigenvalue weighted by atomic mass is 9.97. The monoisotopic (exact) mass is 336 g/mol. The largest absolute Gasteiger partial charge is 0.449 e. The third-order valence-electron chi connectivity index (χ3n) is 4.60. The minimum absolute atomic E-state index is 0.0524. The quantitative estimate of drug-likeness (QED) is 0.768. The predicted molar refractivity (Wildman–Crippen MR) is 96.2 cm³/mol. The van der Waals surface area contributed by atoms with Crippen molar-refractivity contribution in [1.82, 2.24) is 15.3 Å². The molecule has 0 radical (unpaired) electrons. The van der Waals surface area contributed by atoms with Crippen LogP contribution in [0.5, 0.6) is 0 Å². The zero-order chi connectivity index (χ0) is 17.2. The minimum Gasteiger partial charge on any atom is -0.449 e. The molecule has 0 bridgehead atoms. The van der Waals surface area contributed by atoms with Crippen molar-refractivity contribution in [3.8, 4) is 11.3 Å². The number of nitrogens with zero attached hydrogens (tertiary/aromatic N) is 2. The molecular weight excluding hydrogens is 316 g/mol.